The fourth-order valence-electron chi connectivity index (χ4n) is 2.85. The van der Waals surface area contributed by atoms with E-state index in [9.17, 15) is 4.79 Å². The molecule has 4 nitrogen and oxygen atoms in total. The molecule has 2 atom stereocenters. The molecule has 3 rings (SSSR count). The number of benzene rings is 2. The van der Waals surface area contributed by atoms with Crippen LogP contribution in [0.2, 0.25) is 0 Å². The van der Waals surface area contributed by atoms with Gasteiger partial charge in [-0.1, -0.05) is 42.5 Å². The number of esters is 1. The molecule has 0 aromatic heterocycles. The Labute approximate surface area is 142 Å². The van der Waals surface area contributed by atoms with E-state index in [1.54, 1.807) is 0 Å². The van der Waals surface area contributed by atoms with E-state index in [1.807, 2.05) is 49.4 Å². The van der Waals surface area contributed by atoms with Crippen molar-refractivity contribution in [1.82, 2.24) is 0 Å². The second-order valence-corrected chi connectivity index (χ2v) is 6.17. The molecule has 0 aliphatic carbocycles. The molecule has 0 spiro atoms. The van der Waals surface area contributed by atoms with Gasteiger partial charge in [-0.2, -0.15) is 0 Å². The molecule has 24 heavy (non-hydrogen) atoms. The number of nitrogens with one attached hydrogen (secondary N) is 1. The van der Waals surface area contributed by atoms with Crippen LogP contribution < -0.4 is 5.32 Å². The third kappa shape index (κ3) is 4.59. The lowest BCUT2D eigenvalue weighted by atomic mass is 10.1. The summed E-state index contributed by atoms with van der Waals surface area (Å²) in [4.78, 5) is 11.7. The van der Waals surface area contributed by atoms with Gasteiger partial charge < -0.3 is 14.8 Å². The molecule has 126 valence electrons. The van der Waals surface area contributed by atoms with Crippen LogP contribution in [0.5, 0.6) is 0 Å². The Hall–Kier alpha value is -2.33. The zero-order valence-electron chi connectivity index (χ0n) is 13.9. The smallest absolute Gasteiger partial charge is 0.328 e. The lowest BCUT2D eigenvalue weighted by Gasteiger charge is -2.12. The lowest BCUT2D eigenvalue weighted by molar-refractivity contribution is -0.141. The lowest BCUT2D eigenvalue weighted by Crippen LogP contribution is -2.24. The predicted octanol–water partition coefficient (Wildman–Crippen LogP) is 3.56. The highest BCUT2D eigenvalue weighted by Crippen LogP contribution is 2.20. The summed E-state index contributed by atoms with van der Waals surface area (Å²) in [6.45, 7) is 3.17. The molecule has 1 heterocycles. The molecule has 1 aliphatic heterocycles. The largest absolute Gasteiger partial charge is 0.461 e. The predicted molar refractivity (Wildman–Crippen MR) is 93.8 cm³/mol. The first-order valence-corrected chi connectivity index (χ1v) is 8.38. The summed E-state index contributed by atoms with van der Waals surface area (Å²) in [6, 6.07) is 18.1. The van der Waals surface area contributed by atoms with Gasteiger partial charge in [0.2, 0.25) is 0 Å². The minimum Gasteiger partial charge on any atom is -0.461 e. The summed E-state index contributed by atoms with van der Waals surface area (Å²) in [7, 11) is 0. The molecule has 2 aromatic rings. The van der Waals surface area contributed by atoms with E-state index in [0.717, 1.165) is 17.7 Å². The number of hydrogen-bond acceptors (Lipinski definition) is 4. The maximum atomic E-state index is 11.7. The molecule has 0 saturated carbocycles. The SMILES string of the molecule is CC1CC(Nc2cccc(COCCc3ccccc3)c2)C(=O)O1. The first-order valence-electron chi connectivity index (χ1n) is 8.38. The third-order valence-electron chi connectivity index (χ3n) is 4.08. The normalized spacial score (nSPS) is 20.0. The highest BCUT2D eigenvalue weighted by molar-refractivity contribution is 5.81. The standard InChI is InChI=1S/C20H23NO3/c1-15-12-19(20(22)24-15)21-18-9-5-8-17(13-18)14-23-11-10-16-6-3-2-4-7-16/h2-9,13,15,19,21H,10-12,14H2,1H3. The average Bonchev–Trinajstić information content (AvgIpc) is 2.90. The van der Waals surface area contributed by atoms with Crippen LogP contribution in [0, 0.1) is 0 Å². The maximum absolute atomic E-state index is 11.7. The van der Waals surface area contributed by atoms with Gasteiger partial charge in [0.05, 0.1) is 13.2 Å². The monoisotopic (exact) mass is 325 g/mol. The molecule has 1 fully saturated rings. The Kier molecular flexibility index (Phi) is 5.49. The van der Waals surface area contributed by atoms with E-state index in [0.29, 0.717) is 19.6 Å². The van der Waals surface area contributed by atoms with Crippen LogP contribution >= 0.6 is 0 Å². The summed E-state index contributed by atoms with van der Waals surface area (Å²) in [5.74, 6) is -0.174. The van der Waals surface area contributed by atoms with Crippen molar-refractivity contribution in [1.29, 1.82) is 0 Å². The van der Waals surface area contributed by atoms with Gasteiger partial charge >= 0.3 is 5.97 Å². The van der Waals surface area contributed by atoms with E-state index in [1.165, 1.54) is 5.56 Å². The van der Waals surface area contributed by atoms with Crippen LogP contribution in [-0.4, -0.2) is 24.7 Å². The number of hydrogen-bond donors (Lipinski definition) is 1. The van der Waals surface area contributed by atoms with Crippen molar-refractivity contribution in [2.24, 2.45) is 0 Å². The summed E-state index contributed by atoms with van der Waals surface area (Å²) in [5.41, 5.74) is 3.30. The van der Waals surface area contributed by atoms with Crippen molar-refractivity contribution >= 4 is 11.7 Å². The van der Waals surface area contributed by atoms with Crippen LogP contribution in [0.25, 0.3) is 0 Å². The van der Waals surface area contributed by atoms with Crippen molar-refractivity contribution in [3.8, 4) is 0 Å². The Morgan fingerprint density at radius 1 is 1.12 bits per heavy atom. The molecule has 0 radical (unpaired) electrons. The number of carbonyl (C=O) groups excluding carboxylic acids is 1. The van der Waals surface area contributed by atoms with Crippen LogP contribution in [0.1, 0.15) is 24.5 Å². The number of cyclic esters (lactones) is 1. The summed E-state index contributed by atoms with van der Waals surface area (Å²) in [5, 5.41) is 3.25. The minimum atomic E-state index is -0.255. The molecule has 1 N–H and O–H groups in total. The first-order chi connectivity index (χ1) is 11.7. The minimum absolute atomic E-state index is 0.0143. The first kappa shape index (κ1) is 16.5. The zero-order valence-corrected chi connectivity index (χ0v) is 13.9. The van der Waals surface area contributed by atoms with E-state index >= 15 is 0 Å². The molecule has 2 aromatic carbocycles. The van der Waals surface area contributed by atoms with Gasteiger partial charge in [0.25, 0.3) is 0 Å². The van der Waals surface area contributed by atoms with Crippen molar-refractivity contribution in [3.63, 3.8) is 0 Å². The number of rotatable bonds is 7. The van der Waals surface area contributed by atoms with Crippen molar-refractivity contribution in [2.75, 3.05) is 11.9 Å². The van der Waals surface area contributed by atoms with E-state index in [-0.39, 0.29) is 18.1 Å². The van der Waals surface area contributed by atoms with Gasteiger partial charge in [0, 0.05) is 12.1 Å². The van der Waals surface area contributed by atoms with Gasteiger partial charge in [-0.25, -0.2) is 4.79 Å². The molecule has 0 amide bonds. The van der Waals surface area contributed by atoms with Crippen molar-refractivity contribution in [2.45, 2.75) is 38.5 Å². The topological polar surface area (TPSA) is 47.6 Å². The Balaban J connectivity index is 1.47. The molecule has 4 heteroatoms. The van der Waals surface area contributed by atoms with Gasteiger partial charge in [-0.15, -0.1) is 0 Å². The highest BCUT2D eigenvalue weighted by atomic mass is 16.6. The van der Waals surface area contributed by atoms with E-state index < -0.39 is 0 Å². The molecule has 1 aliphatic rings. The highest BCUT2D eigenvalue weighted by Gasteiger charge is 2.31. The number of carbonyl (C=O) groups is 1. The third-order valence-corrected chi connectivity index (χ3v) is 4.08. The Morgan fingerprint density at radius 3 is 2.67 bits per heavy atom. The molecular formula is C20H23NO3. The molecule has 0 bridgehead atoms. The Bertz CT molecular complexity index is 672. The maximum Gasteiger partial charge on any atom is 0.328 e. The van der Waals surface area contributed by atoms with E-state index in [2.05, 4.69) is 17.4 Å². The van der Waals surface area contributed by atoms with Crippen LogP contribution in [0.15, 0.2) is 54.6 Å². The fourth-order valence-corrected chi connectivity index (χ4v) is 2.85. The van der Waals surface area contributed by atoms with Gasteiger partial charge in [-0.05, 0) is 36.6 Å². The fraction of sp³-hybridized carbons (Fsp3) is 0.350. The average molecular weight is 325 g/mol. The second kappa shape index (κ2) is 7.97. The Morgan fingerprint density at radius 2 is 1.92 bits per heavy atom. The van der Waals surface area contributed by atoms with Crippen LogP contribution in [0.3, 0.4) is 0 Å². The summed E-state index contributed by atoms with van der Waals surface area (Å²) in [6.07, 6.45) is 1.60. The van der Waals surface area contributed by atoms with Crippen molar-refractivity contribution in [3.05, 3.63) is 65.7 Å². The quantitative estimate of drug-likeness (QED) is 0.624. The van der Waals surface area contributed by atoms with Crippen LogP contribution in [-0.2, 0) is 27.3 Å². The summed E-state index contributed by atoms with van der Waals surface area (Å²) < 4.78 is 10.9. The van der Waals surface area contributed by atoms with Gasteiger partial charge in [-0.3, -0.25) is 0 Å². The van der Waals surface area contributed by atoms with Gasteiger partial charge in [0.1, 0.15) is 12.1 Å². The molecule has 1 saturated heterocycles. The molecular weight excluding hydrogens is 302 g/mol. The number of ether oxygens (including phenoxy) is 2. The van der Waals surface area contributed by atoms with Gasteiger partial charge in [0.15, 0.2) is 0 Å². The second-order valence-electron chi connectivity index (χ2n) is 6.17. The molecule has 2 unspecified atom stereocenters. The van der Waals surface area contributed by atoms with Crippen molar-refractivity contribution < 1.29 is 14.3 Å². The zero-order chi connectivity index (χ0) is 16.8. The van der Waals surface area contributed by atoms with Crippen LogP contribution in [0.4, 0.5) is 5.69 Å². The van der Waals surface area contributed by atoms with E-state index in [4.69, 9.17) is 9.47 Å². The summed E-state index contributed by atoms with van der Waals surface area (Å²) >= 11 is 0. The number of anilines is 1.